The number of rotatable bonds is 4. The van der Waals surface area contributed by atoms with Gasteiger partial charge in [-0.1, -0.05) is 47.1 Å². The van der Waals surface area contributed by atoms with Gasteiger partial charge in [0.2, 0.25) is 0 Å². The van der Waals surface area contributed by atoms with Gasteiger partial charge >= 0.3 is 63.3 Å². The van der Waals surface area contributed by atoms with Crippen molar-refractivity contribution < 1.29 is 85.5 Å². The molecule has 0 spiro atoms. The van der Waals surface area contributed by atoms with Crippen molar-refractivity contribution >= 4 is 23.7 Å². The van der Waals surface area contributed by atoms with Crippen LogP contribution in [-0.4, -0.2) is 34.9 Å². The minimum atomic E-state index is -1.44. The maximum absolute atomic E-state index is 14.4. The summed E-state index contributed by atoms with van der Waals surface area (Å²) in [6.07, 6.45) is 10.5. The summed E-state index contributed by atoms with van der Waals surface area (Å²) >= 11 is 0. The summed E-state index contributed by atoms with van der Waals surface area (Å²) < 4.78 is 5.79. The molecule has 226 valence electrons. The minimum absolute atomic E-state index is 0. The Bertz CT molecular complexity index is 1250. The van der Waals surface area contributed by atoms with E-state index in [0.29, 0.717) is 25.3 Å². The Labute approximate surface area is 293 Å². The third kappa shape index (κ3) is 4.88. The van der Waals surface area contributed by atoms with Crippen molar-refractivity contribution in [3.05, 3.63) is 23.8 Å². The van der Waals surface area contributed by atoms with Crippen LogP contribution in [-0.2, 0) is 23.9 Å². The van der Waals surface area contributed by atoms with Gasteiger partial charge < -0.3 is 19.7 Å². The molecule has 0 unspecified atom stereocenters. The summed E-state index contributed by atoms with van der Waals surface area (Å²) in [5, 5.41) is 20.9. The molecule has 0 radical (unpaired) electrons. The number of esters is 1. The van der Waals surface area contributed by atoms with Crippen LogP contribution in [0.5, 0.6) is 0 Å². The molecule has 4 fully saturated rings. The van der Waals surface area contributed by atoms with E-state index in [1.165, 1.54) is 5.57 Å². The second-order valence-corrected chi connectivity index (χ2v) is 16.0. The number of carbonyl (C=O) groups excluding carboxylic acids is 3. The van der Waals surface area contributed by atoms with Crippen LogP contribution in [0.25, 0.3) is 0 Å². The number of hydrogen-bond donors (Lipinski definition) is 1. The predicted molar refractivity (Wildman–Crippen MR) is 151 cm³/mol. The first-order valence-corrected chi connectivity index (χ1v) is 15.4. The van der Waals surface area contributed by atoms with Crippen molar-refractivity contribution in [1.29, 1.82) is 0 Å². The molecule has 5 aliphatic rings. The third-order valence-corrected chi connectivity index (χ3v) is 13.6. The Morgan fingerprint density at radius 2 is 1.57 bits per heavy atom. The molecule has 4 saturated carbocycles. The number of allylic oxidation sites excluding steroid dienone is 2. The average Bonchev–Trinajstić information content (AvgIpc) is 2.86. The van der Waals surface area contributed by atoms with Crippen LogP contribution >= 0.6 is 0 Å². The second-order valence-electron chi connectivity index (χ2n) is 16.0. The van der Waals surface area contributed by atoms with E-state index in [-0.39, 0.29) is 103 Å². The molecule has 9 atom stereocenters. The predicted octanol–water partition coefficient (Wildman–Crippen LogP) is 2.27. The molecular formula is C34H47KO7. The zero-order valence-corrected chi connectivity index (χ0v) is 29.9. The van der Waals surface area contributed by atoms with Crippen LogP contribution in [0.15, 0.2) is 23.8 Å². The van der Waals surface area contributed by atoms with E-state index >= 15 is 0 Å². The molecule has 5 rings (SSSR count). The SMILES string of the molecule is CC1(C)[C@@H](OC(=O)/C=C/C(=O)[O-])CC[C@]2(C)[C@H]3C(=O)C=C4[C@@H]5C[C@@](C)(C(=O)O)CC[C@]5(C)CC[C@@]4(C)[C@]3(C)CC[C@@H]12.[K+]. The fraction of sp³-hybridized carbons (Fsp3) is 0.765. The van der Waals surface area contributed by atoms with Crippen molar-refractivity contribution in [2.45, 2.75) is 112 Å². The van der Waals surface area contributed by atoms with Crippen molar-refractivity contribution in [3.8, 4) is 0 Å². The zero-order chi connectivity index (χ0) is 30.4. The molecule has 0 aromatic heterocycles. The van der Waals surface area contributed by atoms with Crippen LogP contribution in [0, 0.1) is 50.2 Å². The van der Waals surface area contributed by atoms with Crippen LogP contribution in [0.3, 0.4) is 0 Å². The van der Waals surface area contributed by atoms with Gasteiger partial charge in [0.25, 0.3) is 0 Å². The number of ketones is 1. The molecule has 7 nitrogen and oxygen atoms in total. The Hall–Kier alpha value is -0.804. The fourth-order valence-electron chi connectivity index (χ4n) is 10.9. The summed E-state index contributed by atoms with van der Waals surface area (Å²) in [6.45, 7) is 15.4. The summed E-state index contributed by atoms with van der Waals surface area (Å²) in [4.78, 5) is 49.9. The standard InChI is InChI=1S/C34H48O7.K/c1-29(2)23-10-13-34(7)27(32(23,5)12-11-24(29)41-26(38)9-8-25(36)37)22(35)18-20-21-19-31(4,28(39)40)15-14-30(21,3)16-17-33(20,34)6;/h8-9,18,21,23-24,27H,10-17,19H2,1-7H3,(H,36,37)(H,39,40);/q;+1/p-1/b9-8+;/t21-,23-,24-,27+,30+,31-,32-,33+,34+;/m0./s1. The molecule has 0 bridgehead atoms. The normalized spacial score (nSPS) is 45.7. The van der Waals surface area contributed by atoms with Gasteiger partial charge in [0.1, 0.15) is 6.10 Å². The first-order valence-electron chi connectivity index (χ1n) is 15.4. The molecule has 0 amide bonds. The van der Waals surface area contributed by atoms with Crippen LogP contribution in [0.2, 0.25) is 0 Å². The summed E-state index contributed by atoms with van der Waals surface area (Å²) in [5.74, 6) is -2.62. The van der Waals surface area contributed by atoms with E-state index in [9.17, 15) is 29.4 Å². The van der Waals surface area contributed by atoms with E-state index in [1.54, 1.807) is 0 Å². The van der Waals surface area contributed by atoms with E-state index in [1.807, 2.05) is 13.0 Å². The first-order chi connectivity index (χ1) is 18.8. The van der Waals surface area contributed by atoms with Crippen LogP contribution in [0.4, 0.5) is 0 Å². The number of hydrogen-bond acceptors (Lipinski definition) is 6. The molecular weight excluding hydrogens is 559 g/mol. The first kappa shape index (κ1) is 34.1. The van der Waals surface area contributed by atoms with E-state index < -0.39 is 28.7 Å². The topological polar surface area (TPSA) is 121 Å². The molecule has 0 aromatic rings. The number of carbonyl (C=O) groups is 4. The van der Waals surface area contributed by atoms with Crippen molar-refractivity contribution in [2.24, 2.45) is 50.2 Å². The largest absolute Gasteiger partial charge is 1.00 e. The van der Waals surface area contributed by atoms with E-state index in [2.05, 4.69) is 41.5 Å². The zero-order valence-electron chi connectivity index (χ0n) is 26.8. The van der Waals surface area contributed by atoms with Gasteiger partial charge in [-0.2, -0.15) is 0 Å². The second kappa shape index (κ2) is 10.9. The van der Waals surface area contributed by atoms with Crippen molar-refractivity contribution in [2.75, 3.05) is 0 Å². The summed E-state index contributed by atoms with van der Waals surface area (Å²) in [5.41, 5.74) is -0.694. The molecule has 1 N–H and O–H groups in total. The molecule has 0 heterocycles. The maximum Gasteiger partial charge on any atom is 1.00 e. The molecule has 0 aliphatic heterocycles. The molecule has 0 saturated heterocycles. The van der Waals surface area contributed by atoms with E-state index in [0.717, 1.165) is 44.6 Å². The summed E-state index contributed by atoms with van der Waals surface area (Å²) in [7, 11) is 0. The van der Waals surface area contributed by atoms with Crippen molar-refractivity contribution in [3.63, 3.8) is 0 Å². The Morgan fingerprint density at radius 1 is 0.929 bits per heavy atom. The third-order valence-electron chi connectivity index (χ3n) is 13.6. The average molecular weight is 607 g/mol. The van der Waals surface area contributed by atoms with Crippen LogP contribution < -0.4 is 56.5 Å². The van der Waals surface area contributed by atoms with Gasteiger partial charge in [-0.15, -0.1) is 0 Å². The Morgan fingerprint density at radius 3 is 2.19 bits per heavy atom. The van der Waals surface area contributed by atoms with Gasteiger partial charge in [0, 0.05) is 17.4 Å². The molecule has 0 aromatic carbocycles. The Kier molecular flexibility index (Phi) is 8.86. The molecule has 8 heteroatoms. The van der Waals surface area contributed by atoms with Gasteiger partial charge in [0.05, 0.1) is 11.4 Å². The summed E-state index contributed by atoms with van der Waals surface area (Å²) in [6, 6.07) is 0. The quantitative estimate of drug-likeness (QED) is 0.296. The molecule has 5 aliphatic carbocycles. The number of fused-ring (bicyclic) bond motifs is 7. The number of carboxylic acid groups (broad SMARTS) is 2. The monoisotopic (exact) mass is 606 g/mol. The number of ether oxygens (including phenoxy) is 1. The number of carboxylic acids is 2. The van der Waals surface area contributed by atoms with Crippen molar-refractivity contribution in [1.82, 2.24) is 0 Å². The Balaban J connectivity index is 0.00000405. The van der Waals surface area contributed by atoms with Crippen LogP contribution in [0.1, 0.15) is 106 Å². The fourth-order valence-corrected chi connectivity index (χ4v) is 10.9. The van der Waals surface area contributed by atoms with Gasteiger partial charge in [-0.25, -0.2) is 4.79 Å². The van der Waals surface area contributed by atoms with Gasteiger partial charge in [0.15, 0.2) is 5.78 Å². The van der Waals surface area contributed by atoms with Gasteiger partial charge in [-0.05, 0) is 110 Å². The smallest absolute Gasteiger partial charge is 0.545 e. The molecule has 42 heavy (non-hydrogen) atoms. The maximum atomic E-state index is 14.4. The minimum Gasteiger partial charge on any atom is -0.545 e. The number of aliphatic carboxylic acids is 2. The van der Waals surface area contributed by atoms with Gasteiger partial charge in [-0.3, -0.25) is 9.59 Å². The van der Waals surface area contributed by atoms with E-state index in [4.69, 9.17) is 4.74 Å².